The highest BCUT2D eigenvalue weighted by atomic mass is 14.5. The van der Waals surface area contributed by atoms with E-state index in [-0.39, 0.29) is 0 Å². The minimum atomic E-state index is 0.652. The maximum Gasteiger partial charge on any atom is -0.00434 e. The highest BCUT2D eigenvalue weighted by Crippen LogP contribution is 2.55. The summed E-state index contributed by atoms with van der Waals surface area (Å²) < 4.78 is 0. The lowest BCUT2D eigenvalue weighted by Crippen LogP contribution is -2.16. The highest BCUT2D eigenvalue weighted by molar-refractivity contribution is 5.44. The number of rotatable bonds is 0. The van der Waals surface area contributed by atoms with Gasteiger partial charge in [0.2, 0.25) is 0 Å². The van der Waals surface area contributed by atoms with E-state index < -0.39 is 0 Å². The van der Waals surface area contributed by atoms with E-state index in [0.29, 0.717) is 5.41 Å². The largest absolute Gasteiger partial charge is 0.0617 e. The van der Waals surface area contributed by atoms with Crippen molar-refractivity contribution < 1.29 is 0 Å². The first-order chi connectivity index (χ1) is 6.32. The molecule has 13 heavy (non-hydrogen) atoms. The summed E-state index contributed by atoms with van der Waals surface area (Å²) in [5.74, 6) is 0. The second kappa shape index (κ2) is 2.37. The van der Waals surface area contributed by atoms with Gasteiger partial charge in [0.25, 0.3) is 0 Å². The first-order valence-corrected chi connectivity index (χ1v) is 5.41. The van der Waals surface area contributed by atoms with Crippen molar-refractivity contribution in [2.24, 2.45) is 0 Å². The predicted octanol–water partition coefficient (Wildman–Crippen LogP) is 3.36. The third-order valence-corrected chi connectivity index (χ3v) is 3.92. The van der Waals surface area contributed by atoms with Crippen molar-refractivity contribution >= 4 is 0 Å². The fourth-order valence-corrected chi connectivity index (χ4v) is 2.94. The number of benzene rings is 1. The molecule has 0 unspecified atom stereocenters. The van der Waals surface area contributed by atoms with E-state index in [1.807, 2.05) is 0 Å². The summed E-state index contributed by atoms with van der Waals surface area (Å²) in [4.78, 5) is 0. The van der Waals surface area contributed by atoms with E-state index in [0.717, 1.165) is 0 Å². The zero-order chi connectivity index (χ0) is 8.89. The Morgan fingerprint density at radius 2 is 2.00 bits per heavy atom. The average Bonchev–Trinajstić information content (AvgIpc) is 2.89. The predicted molar refractivity (Wildman–Crippen MR) is 55.0 cm³/mol. The summed E-state index contributed by atoms with van der Waals surface area (Å²) >= 11 is 0. The van der Waals surface area contributed by atoms with Gasteiger partial charge in [-0.1, -0.05) is 18.2 Å². The van der Waals surface area contributed by atoms with Gasteiger partial charge in [0.15, 0.2) is 0 Å². The van der Waals surface area contributed by atoms with Crippen LogP contribution in [0.15, 0.2) is 18.2 Å². The monoisotopic (exact) mass is 172 g/mol. The zero-order valence-corrected chi connectivity index (χ0v) is 8.27. The lowest BCUT2D eigenvalue weighted by molar-refractivity contribution is 0.540. The van der Waals surface area contributed by atoms with Crippen molar-refractivity contribution in [3.8, 4) is 0 Å². The van der Waals surface area contributed by atoms with Gasteiger partial charge in [-0.3, -0.25) is 0 Å². The molecular weight excluding hydrogens is 156 g/mol. The Balaban J connectivity index is 2.19. The Hall–Kier alpha value is -0.780. The Morgan fingerprint density at radius 3 is 2.77 bits per heavy atom. The third-order valence-electron chi connectivity index (χ3n) is 3.92. The molecular formula is C13H16. The van der Waals surface area contributed by atoms with Crippen molar-refractivity contribution in [1.29, 1.82) is 0 Å². The molecule has 2 aliphatic carbocycles. The maximum atomic E-state index is 2.37. The van der Waals surface area contributed by atoms with Crippen LogP contribution in [0.3, 0.4) is 0 Å². The summed E-state index contributed by atoms with van der Waals surface area (Å²) in [6, 6.07) is 6.87. The standard InChI is InChI=1S/C13H16/c1-10-4-2-6-12-11(10)5-3-7-13(12)8-9-13/h2,4,6H,3,5,7-9H2,1H3. The molecule has 1 saturated carbocycles. The van der Waals surface area contributed by atoms with E-state index in [2.05, 4.69) is 25.1 Å². The van der Waals surface area contributed by atoms with Crippen LogP contribution in [-0.2, 0) is 11.8 Å². The van der Waals surface area contributed by atoms with Crippen LogP contribution in [0.25, 0.3) is 0 Å². The minimum absolute atomic E-state index is 0.652. The van der Waals surface area contributed by atoms with Crippen molar-refractivity contribution in [3.05, 3.63) is 34.9 Å². The van der Waals surface area contributed by atoms with Crippen molar-refractivity contribution in [3.63, 3.8) is 0 Å². The van der Waals surface area contributed by atoms with Crippen LogP contribution < -0.4 is 0 Å². The smallest absolute Gasteiger partial charge is 0.00434 e. The second-order valence-corrected chi connectivity index (χ2v) is 4.73. The van der Waals surface area contributed by atoms with Gasteiger partial charge in [0.05, 0.1) is 0 Å². The molecule has 1 fully saturated rings. The van der Waals surface area contributed by atoms with Crippen LogP contribution in [0.5, 0.6) is 0 Å². The van der Waals surface area contributed by atoms with E-state index in [4.69, 9.17) is 0 Å². The van der Waals surface area contributed by atoms with Crippen LogP contribution in [-0.4, -0.2) is 0 Å². The molecule has 0 aliphatic heterocycles. The summed E-state index contributed by atoms with van der Waals surface area (Å²) in [5, 5.41) is 0. The minimum Gasteiger partial charge on any atom is -0.0617 e. The molecule has 0 heteroatoms. The Kier molecular flexibility index (Phi) is 1.39. The van der Waals surface area contributed by atoms with E-state index in [9.17, 15) is 0 Å². The highest BCUT2D eigenvalue weighted by Gasteiger charge is 2.46. The molecule has 1 aromatic rings. The zero-order valence-electron chi connectivity index (χ0n) is 8.27. The molecule has 0 aromatic heterocycles. The van der Waals surface area contributed by atoms with E-state index in [1.165, 1.54) is 37.7 Å². The molecule has 3 rings (SSSR count). The van der Waals surface area contributed by atoms with Gasteiger partial charge in [-0.2, -0.15) is 0 Å². The lowest BCUT2D eigenvalue weighted by atomic mass is 9.79. The van der Waals surface area contributed by atoms with Crippen LogP contribution in [0, 0.1) is 6.92 Å². The Labute approximate surface area is 80.0 Å². The summed E-state index contributed by atoms with van der Waals surface area (Å²) in [6.45, 7) is 2.26. The first-order valence-electron chi connectivity index (χ1n) is 5.41. The molecule has 2 aliphatic rings. The average molecular weight is 172 g/mol. The lowest BCUT2D eigenvalue weighted by Gasteiger charge is -2.26. The van der Waals surface area contributed by atoms with Gasteiger partial charge < -0.3 is 0 Å². The van der Waals surface area contributed by atoms with Gasteiger partial charge in [-0.05, 0) is 61.1 Å². The fourth-order valence-electron chi connectivity index (χ4n) is 2.94. The fraction of sp³-hybridized carbons (Fsp3) is 0.538. The Morgan fingerprint density at radius 1 is 1.15 bits per heavy atom. The van der Waals surface area contributed by atoms with Crippen LogP contribution in [0.2, 0.25) is 0 Å². The molecule has 0 heterocycles. The van der Waals surface area contributed by atoms with Crippen LogP contribution >= 0.6 is 0 Å². The quantitative estimate of drug-likeness (QED) is 0.563. The van der Waals surface area contributed by atoms with Gasteiger partial charge in [0.1, 0.15) is 0 Å². The topological polar surface area (TPSA) is 0 Å². The number of hydrogen-bond donors (Lipinski definition) is 0. The van der Waals surface area contributed by atoms with Gasteiger partial charge in [-0.15, -0.1) is 0 Å². The van der Waals surface area contributed by atoms with Crippen molar-refractivity contribution in [2.75, 3.05) is 0 Å². The SMILES string of the molecule is Cc1cccc2c1CCCC21CC1. The Bertz CT molecular complexity index is 345. The third kappa shape index (κ3) is 0.979. The van der Waals surface area contributed by atoms with Crippen LogP contribution in [0.4, 0.5) is 0 Å². The molecule has 0 radical (unpaired) electrons. The van der Waals surface area contributed by atoms with Crippen molar-refractivity contribution in [2.45, 2.75) is 44.4 Å². The molecule has 1 spiro atoms. The molecule has 68 valence electrons. The second-order valence-electron chi connectivity index (χ2n) is 4.73. The van der Waals surface area contributed by atoms with Crippen molar-refractivity contribution in [1.82, 2.24) is 0 Å². The maximum absolute atomic E-state index is 2.37. The van der Waals surface area contributed by atoms with E-state index in [1.54, 1.807) is 11.1 Å². The summed E-state index contributed by atoms with van der Waals surface area (Å²) in [5.41, 5.74) is 5.54. The molecule has 0 saturated heterocycles. The number of aryl methyl sites for hydroxylation is 1. The van der Waals surface area contributed by atoms with Crippen LogP contribution in [0.1, 0.15) is 42.4 Å². The van der Waals surface area contributed by atoms with Gasteiger partial charge >= 0.3 is 0 Å². The summed E-state index contributed by atoms with van der Waals surface area (Å²) in [6.07, 6.45) is 7.08. The molecule has 0 nitrogen and oxygen atoms in total. The molecule has 0 amide bonds. The summed E-state index contributed by atoms with van der Waals surface area (Å²) in [7, 11) is 0. The molecule has 0 bridgehead atoms. The van der Waals surface area contributed by atoms with Gasteiger partial charge in [0, 0.05) is 0 Å². The molecule has 0 N–H and O–H groups in total. The number of fused-ring (bicyclic) bond motifs is 2. The van der Waals surface area contributed by atoms with Gasteiger partial charge in [-0.25, -0.2) is 0 Å². The number of hydrogen-bond acceptors (Lipinski definition) is 0. The normalized spacial score (nSPS) is 22.8. The molecule has 0 atom stereocenters. The van der Waals surface area contributed by atoms with E-state index >= 15 is 0 Å². The molecule has 1 aromatic carbocycles. The first kappa shape index (κ1) is 7.61.